The van der Waals surface area contributed by atoms with Crippen molar-refractivity contribution in [2.24, 2.45) is 0 Å². The zero-order valence-electron chi connectivity index (χ0n) is 15.5. The minimum Gasteiger partial charge on any atom is -0.399 e. The number of piperazine rings is 1. The normalized spacial score (nSPS) is 20.5. The number of nitrogens with two attached hydrogens (primary N) is 1. The Bertz CT molecular complexity index is 563. The molecule has 1 aromatic carbocycles. The van der Waals surface area contributed by atoms with Crippen LogP contribution in [0.2, 0.25) is 0 Å². The van der Waals surface area contributed by atoms with E-state index in [1.54, 1.807) is 0 Å². The van der Waals surface area contributed by atoms with Crippen molar-refractivity contribution in [2.75, 3.05) is 45.5 Å². The fraction of sp³-hybridized carbons (Fsp3) is 0.650. The molecule has 0 atom stereocenters. The number of carbonyl (C=O) groups excluding carboxylic acids is 1. The zero-order chi connectivity index (χ0) is 17.6. The number of nitrogen functional groups attached to an aromatic ring is 1. The summed E-state index contributed by atoms with van der Waals surface area (Å²) in [6, 6.07) is 8.59. The quantitative estimate of drug-likeness (QED) is 0.832. The van der Waals surface area contributed by atoms with Gasteiger partial charge in [-0.1, -0.05) is 31.4 Å². The second kappa shape index (κ2) is 8.68. The third-order valence-electron chi connectivity index (χ3n) is 5.70. The molecule has 1 heterocycles. The maximum atomic E-state index is 12.6. The summed E-state index contributed by atoms with van der Waals surface area (Å²) < 4.78 is 0. The molecule has 2 fully saturated rings. The fourth-order valence-corrected chi connectivity index (χ4v) is 4.03. The van der Waals surface area contributed by atoms with Gasteiger partial charge in [0.05, 0.1) is 6.54 Å². The fourth-order valence-electron chi connectivity index (χ4n) is 4.03. The van der Waals surface area contributed by atoms with Crippen molar-refractivity contribution >= 4 is 11.6 Å². The number of hydrogen-bond donors (Lipinski definition) is 1. The van der Waals surface area contributed by atoms with Crippen molar-refractivity contribution in [2.45, 2.75) is 44.7 Å². The number of benzene rings is 1. The lowest BCUT2D eigenvalue weighted by molar-refractivity contribution is -0.134. The summed E-state index contributed by atoms with van der Waals surface area (Å²) >= 11 is 0. The molecule has 2 N–H and O–H groups in total. The van der Waals surface area contributed by atoms with E-state index in [1.165, 1.54) is 37.7 Å². The van der Waals surface area contributed by atoms with E-state index in [9.17, 15) is 4.79 Å². The Balaban J connectivity index is 1.42. The van der Waals surface area contributed by atoms with Crippen LogP contribution in [-0.4, -0.2) is 66.4 Å². The number of rotatable bonds is 5. The van der Waals surface area contributed by atoms with Gasteiger partial charge in [0.25, 0.3) is 0 Å². The van der Waals surface area contributed by atoms with Gasteiger partial charge in [0.1, 0.15) is 0 Å². The van der Waals surface area contributed by atoms with Crippen molar-refractivity contribution in [3.05, 3.63) is 29.8 Å². The maximum Gasteiger partial charge on any atom is 0.236 e. The molecule has 25 heavy (non-hydrogen) atoms. The van der Waals surface area contributed by atoms with Gasteiger partial charge >= 0.3 is 0 Å². The molecule has 1 saturated carbocycles. The van der Waals surface area contributed by atoms with Crippen molar-refractivity contribution in [1.29, 1.82) is 0 Å². The summed E-state index contributed by atoms with van der Waals surface area (Å²) in [5.74, 6) is 0.288. The van der Waals surface area contributed by atoms with Crippen LogP contribution >= 0.6 is 0 Å². The number of anilines is 1. The summed E-state index contributed by atoms with van der Waals surface area (Å²) in [7, 11) is 1.99. The molecule has 3 rings (SSSR count). The standard InChI is InChI=1S/C20H32N4O/c1-22(19-8-3-2-4-9-19)20(25)16-24-12-10-23(11-13-24)15-17-6-5-7-18(21)14-17/h5-7,14,19H,2-4,8-13,15-16,21H2,1H3. The lowest BCUT2D eigenvalue weighted by atomic mass is 9.94. The van der Waals surface area contributed by atoms with Crippen LogP contribution in [0.1, 0.15) is 37.7 Å². The first-order valence-corrected chi connectivity index (χ1v) is 9.66. The predicted molar refractivity (Wildman–Crippen MR) is 102 cm³/mol. The number of carbonyl (C=O) groups is 1. The highest BCUT2D eigenvalue weighted by molar-refractivity contribution is 5.78. The molecule has 0 spiro atoms. The number of hydrogen-bond acceptors (Lipinski definition) is 4. The number of amides is 1. The monoisotopic (exact) mass is 344 g/mol. The van der Waals surface area contributed by atoms with E-state index in [4.69, 9.17) is 5.73 Å². The molecular formula is C20H32N4O. The molecular weight excluding hydrogens is 312 g/mol. The van der Waals surface area contributed by atoms with Crippen LogP contribution in [0.25, 0.3) is 0 Å². The van der Waals surface area contributed by atoms with Gasteiger partial charge in [0, 0.05) is 51.5 Å². The number of nitrogens with zero attached hydrogens (tertiary/aromatic N) is 3. The van der Waals surface area contributed by atoms with E-state index >= 15 is 0 Å². The highest BCUT2D eigenvalue weighted by atomic mass is 16.2. The van der Waals surface area contributed by atoms with E-state index in [0.29, 0.717) is 12.6 Å². The molecule has 1 aromatic rings. The van der Waals surface area contributed by atoms with E-state index < -0.39 is 0 Å². The van der Waals surface area contributed by atoms with E-state index in [1.807, 2.05) is 24.1 Å². The first-order chi connectivity index (χ1) is 12.1. The van der Waals surface area contributed by atoms with Crippen LogP contribution < -0.4 is 5.73 Å². The topological polar surface area (TPSA) is 52.8 Å². The average Bonchev–Trinajstić information content (AvgIpc) is 2.63. The van der Waals surface area contributed by atoms with Gasteiger partial charge in [0.2, 0.25) is 5.91 Å². The molecule has 1 aliphatic carbocycles. The summed E-state index contributed by atoms with van der Waals surface area (Å²) in [6.07, 6.45) is 6.22. The Labute approximate surface area is 151 Å². The summed E-state index contributed by atoms with van der Waals surface area (Å²) in [5.41, 5.74) is 7.95. The Morgan fingerprint density at radius 1 is 1.12 bits per heavy atom. The Morgan fingerprint density at radius 3 is 2.48 bits per heavy atom. The smallest absolute Gasteiger partial charge is 0.236 e. The minimum atomic E-state index is 0.288. The molecule has 0 radical (unpaired) electrons. The molecule has 1 saturated heterocycles. The molecule has 0 unspecified atom stereocenters. The molecule has 5 heteroatoms. The summed E-state index contributed by atoms with van der Waals surface area (Å²) in [5, 5.41) is 0. The lowest BCUT2D eigenvalue weighted by Gasteiger charge is -2.37. The van der Waals surface area contributed by atoms with Crippen molar-refractivity contribution in [3.8, 4) is 0 Å². The Hall–Kier alpha value is -1.59. The van der Waals surface area contributed by atoms with E-state index in [2.05, 4.69) is 21.9 Å². The first kappa shape index (κ1) is 18.2. The van der Waals surface area contributed by atoms with Crippen LogP contribution in [0.15, 0.2) is 24.3 Å². The Morgan fingerprint density at radius 2 is 1.80 bits per heavy atom. The van der Waals surface area contributed by atoms with Crippen molar-refractivity contribution in [1.82, 2.24) is 14.7 Å². The van der Waals surface area contributed by atoms with E-state index in [-0.39, 0.29) is 5.91 Å². The molecule has 2 aliphatic rings. The second-order valence-electron chi connectivity index (χ2n) is 7.59. The van der Waals surface area contributed by atoms with Crippen LogP contribution in [0.5, 0.6) is 0 Å². The molecule has 1 aliphatic heterocycles. The molecule has 1 amide bonds. The third-order valence-corrected chi connectivity index (χ3v) is 5.70. The third kappa shape index (κ3) is 5.19. The van der Waals surface area contributed by atoms with Gasteiger partial charge in [0.15, 0.2) is 0 Å². The van der Waals surface area contributed by atoms with Crippen molar-refractivity contribution < 1.29 is 4.79 Å². The second-order valence-corrected chi connectivity index (χ2v) is 7.59. The SMILES string of the molecule is CN(C(=O)CN1CCN(Cc2cccc(N)c2)CC1)C1CCCCC1. The molecule has 138 valence electrons. The lowest BCUT2D eigenvalue weighted by Crippen LogP contribution is -2.50. The zero-order valence-corrected chi connectivity index (χ0v) is 15.5. The van der Waals surface area contributed by atoms with Gasteiger partial charge in [-0.25, -0.2) is 0 Å². The molecule has 0 bridgehead atoms. The highest BCUT2D eigenvalue weighted by Crippen LogP contribution is 2.22. The van der Waals surface area contributed by atoms with Crippen LogP contribution in [-0.2, 0) is 11.3 Å². The molecule has 5 nitrogen and oxygen atoms in total. The van der Waals surface area contributed by atoms with Gasteiger partial charge in [-0.3, -0.25) is 14.6 Å². The van der Waals surface area contributed by atoms with Crippen molar-refractivity contribution in [3.63, 3.8) is 0 Å². The van der Waals surface area contributed by atoms with Gasteiger partial charge in [-0.05, 0) is 30.5 Å². The van der Waals surface area contributed by atoms with Crippen LogP contribution in [0.4, 0.5) is 5.69 Å². The number of likely N-dealkylation sites (N-methyl/N-ethyl adjacent to an activating group) is 1. The van der Waals surface area contributed by atoms with E-state index in [0.717, 1.165) is 38.4 Å². The Kier molecular flexibility index (Phi) is 6.32. The minimum absolute atomic E-state index is 0.288. The maximum absolute atomic E-state index is 12.6. The summed E-state index contributed by atoms with van der Waals surface area (Å²) in [4.78, 5) is 19.3. The largest absolute Gasteiger partial charge is 0.399 e. The van der Waals surface area contributed by atoms with Gasteiger partial charge in [-0.2, -0.15) is 0 Å². The van der Waals surface area contributed by atoms with Gasteiger partial charge < -0.3 is 10.6 Å². The van der Waals surface area contributed by atoms with Crippen LogP contribution in [0, 0.1) is 0 Å². The average molecular weight is 345 g/mol. The molecule has 0 aromatic heterocycles. The van der Waals surface area contributed by atoms with Gasteiger partial charge in [-0.15, -0.1) is 0 Å². The first-order valence-electron chi connectivity index (χ1n) is 9.66. The van der Waals surface area contributed by atoms with Crippen LogP contribution in [0.3, 0.4) is 0 Å². The predicted octanol–water partition coefficient (Wildman–Crippen LogP) is 2.18. The summed E-state index contributed by atoms with van der Waals surface area (Å²) in [6.45, 7) is 5.46. The highest BCUT2D eigenvalue weighted by Gasteiger charge is 2.25.